The zero-order valence-corrected chi connectivity index (χ0v) is 22.3. The van der Waals surface area contributed by atoms with Gasteiger partial charge in [-0.3, -0.25) is 9.48 Å². The molecule has 7 rings (SSSR count). The van der Waals surface area contributed by atoms with E-state index in [1.54, 1.807) is 0 Å². The van der Waals surface area contributed by atoms with E-state index in [4.69, 9.17) is 5.10 Å². The number of fused-ring (bicyclic) bond motifs is 10. The molecule has 0 unspecified atom stereocenters. The fraction of sp³-hybridized carbons (Fsp3) is 0.258. The third kappa shape index (κ3) is 3.70. The zero-order chi connectivity index (χ0) is 26.8. The summed E-state index contributed by atoms with van der Waals surface area (Å²) in [5, 5.41) is 15.8. The van der Waals surface area contributed by atoms with Gasteiger partial charge in [-0.05, 0) is 60.2 Å². The van der Waals surface area contributed by atoms with Crippen molar-refractivity contribution in [3.8, 4) is 11.1 Å². The number of hydrogen-bond donors (Lipinski definition) is 3. The number of hydrogen-bond acceptors (Lipinski definition) is 3. The van der Waals surface area contributed by atoms with Crippen LogP contribution in [0.15, 0.2) is 54.7 Å². The molecule has 3 N–H and O–H groups in total. The average molecular weight is 519 g/mol. The van der Waals surface area contributed by atoms with Gasteiger partial charge in [-0.25, -0.2) is 4.79 Å². The Kier molecular flexibility index (Phi) is 5.26. The van der Waals surface area contributed by atoms with E-state index in [9.17, 15) is 9.59 Å². The summed E-state index contributed by atoms with van der Waals surface area (Å²) in [7, 11) is 1.94. The monoisotopic (exact) mass is 518 g/mol. The highest BCUT2D eigenvalue weighted by Crippen LogP contribution is 2.47. The van der Waals surface area contributed by atoms with Gasteiger partial charge in [0.25, 0.3) is 5.91 Å². The molecule has 0 saturated heterocycles. The number of nitrogens with zero attached hydrogens (tertiary/aromatic N) is 3. The molecule has 2 aliphatic rings. The predicted molar refractivity (Wildman–Crippen MR) is 154 cm³/mol. The van der Waals surface area contributed by atoms with Crippen LogP contribution in [0.3, 0.4) is 0 Å². The SMILES string of the molecule is CC(C)Cn1c2ccc(NC(=O)Nc3ccccc3)cc2c2c3c(c4c(c21)CCc1nn(C)cc1-4)C(=O)NC3. The minimum atomic E-state index is -0.296. The van der Waals surface area contributed by atoms with E-state index in [1.165, 1.54) is 11.1 Å². The number of para-hydroxylation sites is 1. The van der Waals surface area contributed by atoms with Crippen molar-refractivity contribution in [3.63, 3.8) is 0 Å². The standard InChI is InChI=1S/C31H30N6O2/c1-17(2)15-37-25-12-9-19(34-31(39)33-18-7-5-4-6-8-18)13-21(25)27-22-14-32-30(38)28(22)26-20(29(27)37)10-11-24-23(26)16-36(3)35-24/h4-9,12-13,16-17H,10-11,14-15H2,1-3H3,(H,32,38)(H2,33,34,39). The number of carbonyl (C=O) groups is 2. The highest BCUT2D eigenvalue weighted by atomic mass is 16.2. The van der Waals surface area contributed by atoms with Crippen LogP contribution in [-0.2, 0) is 33.0 Å². The van der Waals surface area contributed by atoms with Gasteiger partial charge in [0.2, 0.25) is 0 Å². The maximum atomic E-state index is 13.3. The second-order valence-electron chi connectivity index (χ2n) is 11.0. The molecule has 0 saturated carbocycles. The van der Waals surface area contributed by atoms with E-state index in [2.05, 4.69) is 40.4 Å². The third-order valence-corrected chi connectivity index (χ3v) is 7.78. The zero-order valence-electron chi connectivity index (χ0n) is 22.3. The Hall–Kier alpha value is -4.59. The molecular weight excluding hydrogens is 488 g/mol. The molecule has 3 amide bonds. The molecule has 8 heteroatoms. The van der Waals surface area contributed by atoms with Crippen LogP contribution in [0.5, 0.6) is 0 Å². The van der Waals surface area contributed by atoms with E-state index in [0.717, 1.165) is 69.3 Å². The molecule has 1 aliphatic carbocycles. The number of nitrogens with one attached hydrogen (secondary N) is 3. The molecular formula is C31H30N6O2. The molecule has 1 aliphatic heterocycles. The van der Waals surface area contributed by atoms with Crippen LogP contribution < -0.4 is 16.0 Å². The Morgan fingerprint density at radius 3 is 2.62 bits per heavy atom. The van der Waals surface area contributed by atoms with Crippen LogP contribution in [-0.4, -0.2) is 26.3 Å². The smallest absolute Gasteiger partial charge is 0.323 e. The second-order valence-corrected chi connectivity index (χ2v) is 11.0. The van der Waals surface area contributed by atoms with Gasteiger partial charge in [0.05, 0.1) is 16.8 Å². The van der Waals surface area contributed by atoms with Crippen LogP contribution in [0.2, 0.25) is 0 Å². The maximum absolute atomic E-state index is 13.3. The highest BCUT2D eigenvalue weighted by Gasteiger charge is 2.35. The third-order valence-electron chi connectivity index (χ3n) is 7.78. The van der Waals surface area contributed by atoms with E-state index >= 15 is 0 Å². The van der Waals surface area contributed by atoms with Crippen LogP contribution in [0, 0.1) is 5.92 Å². The largest absolute Gasteiger partial charge is 0.348 e. The molecule has 0 bridgehead atoms. The fourth-order valence-electron chi connectivity index (χ4n) is 6.36. The van der Waals surface area contributed by atoms with Gasteiger partial charge >= 0.3 is 6.03 Å². The van der Waals surface area contributed by atoms with Gasteiger partial charge in [0.15, 0.2) is 0 Å². The van der Waals surface area contributed by atoms with E-state index in [1.807, 2.05) is 60.4 Å². The molecule has 0 spiro atoms. The first-order chi connectivity index (χ1) is 18.9. The quantitative estimate of drug-likeness (QED) is 0.279. The van der Waals surface area contributed by atoms with E-state index in [0.29, 0.717) is 18.2 Å². The summed E-state index contributed by atoms with van der Waals surface area (Å²) in [5.74, 6) is 0.403. The van der Waals surface area contributed by atoms with Gasteiger partial charge < -0.3 is 20.5 Å². The minimum Gasteiger partial charge on any atom is -0.348 e. The first kappa shape index (κ1) is 23.5. The lowest BCUT2D eigenvalue weighted by Gasteiger charge is -2.22. The molecule has 0 radical (unpaired) electrons. The van der Waals surface area contributed by atoms with Crippen molar-refractivity contribution >= 4 is 45.1 Å². The lowest BCUT2D eigenvalue weighted by Crippen LogP contribution is -2.19. The number of rotatable bonds is 4. The van der Waals surface area contributed by atoms with Crippen LogP contribution >= 0.6 is 0 Å². The fourth-order valence-corrected chi connectivity index (χ4v) is 6.36. The summed E-state index contributed by atoms with van der Waals surface area (Å²) in [4.78, 5) is 26.1. The summed E-state index contributed by atoms with van der Waals surface area (Å²) >= 11 is 0. The summed E-state index contributed by atoms with van der Waals surface area (Å²) in [6.07, 6.45) is 3.72. The number of carbonyl (C=O) groups excluding carboxylic acids is 2. The first-order valence-electron chi connectivity index (χ1n) is 13.5. The molecule has 8 nitrogen and oxygen atoms in total. The van der Waals surface area contributed by atoms with Crippen LogP contribution in [0.25, 0.3) is 32.9 Å². The van der Waals surface area contributed by atoms with Gasteiger partial charge in [-0.15, -0.1) is 0 Å². The van der Waals surface area contributed by atoms with Crippen molar-refractivity contribution < 1.29 is 9.59 Å². The molecule has 5 aromatic rings. The molecule has 3 aromatic carbocycles. The number of urea groups is 1. The first-order valence-corrected chi connectivity index (χ1v) is 13.5. The lowest BCUT2D eigenvalue weighted by atomic mass is 9.82. The Morgan fingerprint density at radius 2 is 1.82 bits per heavy atom. The van der Waals surface area contributed by atoms with Crippen molar-refractivity contribution in [1.29, 1.82) is 0 Å². The molecule has 2 aromatic heterocycles. The van der Waals surface area contributed by atoms with Crippen LogP contribution in [0.1, 0.15) is 41.0 Å². The van der Waals surface area contributed by atoms with E-state index in [-0.39, 0.29) is 11.9 Å². The second kappa shape index (κ2) is 8.73. The Labute approximate surface area is 226 Å². The predicted octanol–water partition coefficient (Wildman–Crippen LogP) is 5.84. The van der Waals surface area contributed by atoms with Crippen molar-refractivity contribution in [2.24, 2.45) is 13.0 Å². The number of anilines is 2. The molecule has 3 heterocycles. The highest BCUT2D eigenvalue weighted by molar-refractivity contribution is 6.20. The minimum absolute atomic E-state index is 0.0267. The molecule has 39 heavy (non-hydrogen) atoms. The van der Waals surface area contributed by atoms with Crippen molar-refractivity contribution in [1.82, 2.24) is 19.7 Å². The molecule has 196 valence electrons. The van der Waals surface area contributed by atoms with Gasteiger partial charge in [-0.2, -0.15) is 5.10 Å². The van der Waals surface area contributed by atoms with Gasteiger partial charge in [0, 0.05) is 65.1 Å². The molecule has 0 fully saturated rings. The maximum Gasteiger partial charge on any atom is 0.323 e. The molecule has 0 atom stereocenters. The summed E-state index contributed by atoms with van der Waals surface area (Å²) < 4.78 is 4.28. The number of benzene rings is 3. The number of aromatic nitrogens is 3. The van der Waals surface area contributed by atoms with Crippen molar-refractivity contribution in [2.75, 3.05) is 10.6 Å². The lowest BCUT2D eigenvalue weighted by molar-refractivity contribution is 0.0966. The summed E-state index contributed by atoms with van der Waals surface area (Å²) in [5.41, 5.74) is 9.92. The normalized spacial score (nSPS) is 13.9. The average Bonchev–Trinajstić information content (AvgIpc) is 3.57. The number of aryl methyl sites for hydroxylation is 3. The summed E-state index contributed by atoms with van der Waals surface area (Å²) in [6, 6.07) is 15.2. The van der Waals surface area contributed by atoms with Crippen LogP contribution in [0.4, 0.5) is 16.2 Å². The number of amides is 3. The van der Waals surface area contributed by atoms with Crippen molar-refractivity contribution in [3.05, 3.63) is 77.1 Å². The van der Waals surface area contributed by atoms with Gasteiger partial charge in [0.1, 0.15) is 0 Å². The van der Waals surface area contributed by atoms with Crippen molar-refractivity contribution in [2.45, 2.75) is 39.8 Å². The summed E-state index contributed by atoms with van der Waals surface area (Å²) in [6.45, 7) is 5.80. The Bertz CT molecular complexity index is 1810. The topological polar surface area (TPSA) is 93.0 Å². The Morgan fingerprint density at radius 1 is 1.03 bits per heavy atom. The van der Waals surface area contributed by atoms with Gasteiger partial charge in [-0.1, -0.05) is 32.0 Å². The van der Waals surface area contributed by atoms with E-state index < -0.39 is 0 Å². The Balaban J connectivity index is 1.45.